The number of carbonyl (C=O) groups excluding carboxylic acids is 2. The minimum absolute atomic E-state index is 0.167. The fraction of sp³-hybridized carbons (Fsp3) is 0.370. The van der Waals surface area contributed by atoms with Crippen LogP contribution in [0.3, 0.4) is 0 Å². The van der Waals surface area contributed by atoms with E-state index in [0.717, 1.165) is 36.3 Å². The van der Waals surface area contributed by atoms with E-state index in [1.54, 1.807) is 33.2 Å². The fourth-order valence-electron chi connectivity index (χ4n) is 5.45. The van der Waals surface area contributed by atoms with Crippen LogP contribution in [0.5, 0.6) is 5.75 Å². The Balaban J connectivity index is 1.19. The molecule has 3 aliphatic heterocycles. The van der Waals surface area contributed by atoms with Gasteiger partial charge < -0.3 is 25.2 Å². The molecule has 5 heterocycles. The largest absolute Gasteiger partial charge is 0.474 e. The molecule has 0 aliphatic carbocycles. The van der Waals surface area contributed by atoms with Crippen LogP contribution < -0.4 is 20.3 Å². The molecule has 2 N–H and O–H groups in total. The van der Waals surface area contributed by atoms with Gasteiger partial charge in [0, 0.05) is 55.4 Å². The quantitative estimate of drug-likeness (QED) is 0.561. The molecule has 0 radical (unpaired) electrons. The molecule has 0 unspecified atom stereocenters. The number of anilines is 4. The second kappa shape index (κ2) is 8.43. The normalized spacial score (nSPS) is 21.4. The highest BCUT2D eigenvalue weighted by molar-refractivity contribution is 5.99. The zero-order chi connectivity index (χ0) is 25.9. The van der Waals surface area contributed by atoms with Gasteiger partial charge in [0.2, 0.25) is 11.9 Å². The number of hydrogen-bond donors (Lipinski definition) is 2. The number of nitrogens with zero attached hydrogens (tertiary/aromatic N) is 5. The number of amides is 2. The van der Waals surface area contributed by atoms with Gasteiger partial charge in [-0.15, -0.1) is 0 Å². The predicted molar refractivity (Wildman–Crippen MR) is 140 cm³/mol. The summed E-state index contributed by atoms with van der Waals surface area (Å²) in [6.45, 7) is 8.87. The minimum atomic E-state index is -0.975. The zero-order valence-electron chi connectivity index (χ0n) is 21.3. The van der Waals surface area contributed by atoms with Gasteiger partial charge in [0.15, 0.2) is 17.2 Å². The molecule has 0 saturated carbocycles. The molecule has 37 heavy (non-hydrogen) atoms. The number of rotatable bonds is 4. The van der Waals surface area contributed by atoms with E-state index in [4.69, 9.17) is 4.74 Å². The van der Waals surface area contributed by atoms with E-state index >= 15 is 0 Å². The number of nitrogens with one attached hydrogen (secondary N) is 2. The molecule has 1 aromatic carbocycles. The number of fused-ring (bicyclic) bond motifs is 3. The molecule has 2 amide bonds. The lowest BCUT2D eigenvalue weighted by Gasteiger charge is -2.36. The number of likely N-dealkylation sites (tertiary alicyclic amines) is 1. The van der Waals surface area contributed by atoms with Crippen LogP contribution in [0.15, 0.2) is 42.7 Å². The van der Waals surface area contributed by atoms with Gasteiger partial charge in [-0.25, -0.2) is 15.0 Å². The Hall–Kier alpha value is -4.21. The van der Waals surface area contributed by atoms with E-state index in [1.807, 2.05) is 23.1 Å². The summed E-state index contributed by atoms with van der Waals surface area (Å²) in [6, 6.07) is 10.6. The van der Waals surface area contributed by atoms with Gasteiger partial charge in [-0.1, -0.05) is 0 Å². The molecule has 3 aliphatic rings. The van der Waals surface area contributed by atoms with Gasteiger partial charge in [-0.05, 0) is 63.1 Å². The van der Waals surface area contributed by atoms with Crippen LogP contribution in [0.4, 0.5) is 23.1 Å². The highest BCUT2D eigenvalue weighted by Crippen LogP contribution is 2.37. The van der Waals surface area contributed by atoms with Gasteiger partial charge in [-0.3, -0.25) is 9.59 Å². The van der Waals surface area contributed by atoms with Crippen LogP contribution >= 0.6 is 0 Å². The van der Waals surface area contributed by atoms with Gasteiger partial charge in [0.05, 0.1) is 11.7 Å². The van der Waals surface area contributed by atoms with E-state index in [1.165, 1.54) is 5.69 Å². The van der Waals surface area contributed by atoms with Crippen LogP contribution in [0.25, 0.3) is 11.3 Å². The van der Waals surface area contributed by atoms with Crippen molar-refractivity contribution in [2.75, 3.05) is 28.6 Å². The molecular weight excluding hydrogens is 470 g/mol. The van der Waals surface area contributed by atoms with Crippen LogP contribution in [0.2, 0.25) is 0 Å². The molecule has 2 aromatic heterocycles. The SMILES string of the molecule is CC(=O)N1C[C@@H]2C[C@H]1CN2c1ccc(Nc2nccc(-c3cnc4c(c3)OC(C)(C)C(=O)N4)n2)cc1C. The third-order valence-corrected chi connectivity index (χ3v) is 7.36. The van der Waals surface area contributed by atoms with Gasteiger partial charge in [0.25, 0.3) is 5.91 Å². The number of carbonyl (C=O) groups is 2. The molecule has 2 saturated heterocycles. The second-order valence-corrected chi connectivity index (χ2v) is 10.4. The first-order chi connectivity index (χ1) is 17.7. The highest BCUT2D eigenvalue weighted by atomic mass is 16.5. The minimum Gasteiger partial charge on any atom is -0.474 e. The predicted octanol–water partition coefficient (Wildman–Crippen LogP) is 3.51. The summed E-state index contributed by atoms with van der Waals surface area (Å²) in [6.07, 6.45) is 4.38. The van der Waals surface area contributed by atoms with Crippen molar-refractivity contribution in [3.8, 4) is 17.0 Å². The maximum absolute atomic E-state index is 12.1. The topological polar surface area (TPSA) is 113 Å². The first-order valence-corrected chi connectivity index (χ1v) is 12.4. The van der Waals surface area contributed by atoms with Crippen molar-refractivity contribution in [2.45, 2.75) is 51.8 Å². The lowest BCUT2D eigenvalue weighted by atomic mass is 10.1. The molecule has 2 atom stereocenters. The molecule has 0 spiro atoms. The average molecular weight is 500 g/mol. The van der Waals surface area contributed by atoms with Crippen molar-refractivity contribution in [3.63, 3.8) is 0 Å². The Morgan fingerprint density at radius 3 is 2.73 bits per heavy atom. The Morgan fingerprint density at radius 1 is 1.16 bits per heavy atom. The maximum Gasteiger partial charge on any atom is 0.269 e. The molecule has 10 nitrogen and oxygen atoms in total. The lowest BCUT2D eigenvalue weighted by Crippen LogP contribution is -2.48. The van der Waals surface area contributed by atoms with Crippen molar-refractivity contribution in [3.05, 3.63) is 48.3 Å². The zero-order valence-corrected chi connectivity index (χ0v) is 21.3. The Morgan fingerprint density at radius 2 is 2.00 bits per heavy atom. The molecule has 6 rings (SSSR count). The van der Waals surface area contributed by atoms with Crippen LogP contribution in [0, 0.1) is 6.92 Å². The number of aryl methyl sites for hydroxylation is 1. The van der Waals surface area contributed by atoms with E-state index in [0.29, 0.717) is 35.3 Å². The van der Waals surface area contributed by atoms with Crippen LogP contribution in [-0.2, 0) is 9.59 Å². The second-order valence-electron chi connectivity index (χ2n) is 10.4. The third-order valence-electron chi connectivity index (χ3n) is 7.36. The van der Waals surface area contributed by atoms with Crippen molar-refractivity contribution in [1.82, 2.24) is 19.9 Å². The standard InChI is InChI=1S/C27H29N7O3/c1-15-9-18(5-6-22(15)34-14-19-11-20(34)13-33(19)16(2)35)30-26-28-8-7-21(31-26)17-10-23-24(29-12-17)32-25(36)27(3,4)37-23/h5-10,12,19-20H,11,13-14H2,1-4H3,(H,28,30,31)(H,29,32,36)/t19-,20-/m0/s1. The van der Waals surface area contributed by atoms with Gasteiger partial charge in [-0.2, -0.15) is 0 Å². The maximum atomic E-state index is 12.1. The number of hydrogen-bond acceptors (Lipinski definition) is 8. The number of pyridine rings is 1. The molecule has 10 heteroatoms. The third kappa shape index (κ3) is 4.12. The monoisotopic (exact) mass is 499 g/mol. The number of ether oxygens (including phenoxy) is 1. The van der Waals surface area contributed by atoms with Crippen molar-refractivity contribution in [2.24, 2.45) is 0 Å². The number of aromatic nitrogens is 3. The van der Waals surface area contributed by atoms with E-state index in [-0.39, 0.29) is 11.8 Å². The Labute approximate surface area is 215 Å². The summed E-state index contributed by atoms with van der Waals surface area (Å²) in [7, 11) is 0. The smallest absolute Gasteiger partial charge is 0.269 e. The summed E-state index contributed by atoms with van der Waals surface area (Å²) >= 11 is 0. The van der Waals surface area contributed by atoms with Crippen LogP contribution in [0.1, 0.15) is 32.8 Å². The summed E-state index contributed by atoms with van der Waals surface area (Å²) in [5.74, 6) is 1.30. The lowest BCUT2D eigenvalue weighted by molar-refractivity contribution is -0.130. The summed E-state index contributed by atoms with van der Waals surface area (Å²) in [5.41, 5.74) is 3.71. The van der Waals surface area contributed by atoms with Crippen molar-refractivity contribution >= 4 is 35.0 Å². The Bertz CT molecular complexity index is 1420. The van der Waals surface area contributed by atoms with Crippen LogP contribution in [-0.4, -0.2) is 62.4 Å². The molecule has 3 aromatic rings. The van der Waals surface area contributed by atoms with Crippen molar-refractivity contribution in [1.29, 1.82) is 0 Å². The fourth-order valence-corrected chi connectivity index (χ4v) is 5.45. The molecule has 190 valence electrons. The summed E-state index contributed by atoms with van der Waals surface area (Å²) < 4.78 is 5.87. The first kappa shape index (κ1) is 23.2. The van der Waals surface area contributed by atoms with Crippen molar-refractivity contribution < 1.29 is 14.3 Å². The Kier molecular flexibility index (Phi) is 5.29. The summed E-state index contributed by atoms with van der Waals surface area (Å²) in [4.78, 5) is 41.8. The molecule has 2 bridgehead atoms. The van der Waals surface area contributed by atoms with Gasteiger partial charge in [0.1, 0.15) is 0 Å². The average Bonchev–Trinajstić information content (AvgIpc) is 3.46. The van der Waals surface area contributed by atoms with Gasteiger partial charge >= 0.3 is 0 Å². The number of piperazine rings is 1. The van der Waals surface area contributed by atoms with E-state index in [2.05, 4.69) is 49.5 Å². The van der Waals surface area contributed by atoms with E-state index in [9.17, 15) is 9.59 Å². The highest BCUT2D eigenvalue weighted by Gasteiger charge is 2.44. The summed E-state index contributed by atoms with van der Waals surface area (Å²) in [5, 5.41) is 6.09. The van der Waals surface area contributed by atoms with E-state index < -0.39 is 5.60 Å². The first-order valence-electron chi connectivity index (χ1n) is 12.4. The molecular formula is C27H29N7O3. The number of benzene rings is 1. The molecule has 2 fully saturated rings.